The van der Waals surface area contributed by atoms with Gasteiger partial charge in [-0.25, -0.2) is 13.1 Å². The zero-order valence-electron chi connectivity index (χ0n) is 14.2. The van der Waals surface area contributed by atoms with Crippen LogP contribution in [0, 0.1) is 0 Å². The van der Waals surface area contributed by atoms with Crippen molar-refractivity contribution in [3.05, 3.63) is 54.6 Å². The zero-order chi connectivity index (χ0) is 18.3. The van der Waals surface area contributed by atoms with Gasteiger partial charge in [-0.2, -0.15) is 0 Å². The Morgan fingerprint density at radius 1 is 1.08 bits per heavy atom. The Balaban J connectivity index is 1.92. The van der Waals surface area contributed by atoms with Gasteiger partial charge in [-0.15, -0.1) is 11.8 Å². The van der Waals surface area contributed by atoms with Crippen LogP contribution in [-0.2, 0) is 14.8 Å². The minimum atomic E-state index is -3.53. The van der Waals surface area contributed by atoms with Gasteiger partial charge in [0.15, 0.2) is 0 Å². The molecule has 0 aliphatic heterocycles. The topological polar surface area (TPSA) is 75.3 Å². The normalized spacial score (nSPS) is 12.6. The van der Waals surface area contributed by atoms with E-state index >= 15 is 0 Å². The lowest BCUT2D eigenvalue weighted by molar-refractivity contribution is -0.113. The van der Waals surface area contributed by atoms with E-state index in [-0.39, 0.29) is 16.8 Å². The first-order valence-corrected chi connectivity index (χ1v) is 10.5. The summed E-state index contributed by atoms with van der Waals surface area (Å²) in [5.41, 5.74) is 0.571. The van der Waals surface area contributed by atoms with Crippen LogP contribution >= 0.6 is 11.8 Å². The molecule has 0 aliphatic rings. The van der Waals surface area contributed by atoms with Crippen molar-refractivity contribution in [1.29, 1.82) is 0 Å². The van der Waals surface area contributed by atoms with Crippen LogP contribution in [0.4, 0.5) is 5.69 Å². The quantitative estimate of drug-likeness (QED) is 0.690. The Labute approximate surface area is 153 Å². The van der Waals surface area contributed by atoms with E-state index in [1.807, 2.05) is 44.2 Å². The molecule has 0 radical (unpaired) electrons. The Hall–Kier alpha value is -1.83. The molecule has 0 fully saturated rings. The molecule has 1 unspecified atom stereocenters. The highest BCUT2D eigenvalue weighted by Gasteiger charge is 2.16. The van der Waals surface area contributed by atoms with E-state index in [2.05, 4.69) is 10.0 Å². The summed E-state index contributed by atoms with van der Waals surface area (Å²) >= 11 is 1.45. The third-order valence-electron chi connectivity index (χ3n) is 3.53. The summed E-state index contributed by atoms with van der Waals surface area (Å²) in [6.07, 6.45) is 0.715. The van der Waals surface area contributed by atoms with Gasteiger partial charge in [0.25, 0.3) is 0 Å². The van der Waals surface area contributed by atoms with Crippen LogP contribution in [0.3, 0.4) is 0 Å². The van der Waals surface area contributed by atoms with Gasteiger partial charge in [0.1, 0.15) is 0 Å². The molecule has 0 saturated carbocycles. The van der Waals surface area contributed by atoms with Crippen LogP contribution in [0.1, 0.15) is 20.3 Å². The lowest BCUT2D eigenvalue weighted by atomic mass is 10.3. The monoisotopic (exact) mass is 378 g/mol. The summed E-state index contributed by atoms with van der Waals surface area (Å²) in [5.74, 6) is 0.154. The van der Waals surface area contributed by atoms with Crippen molar-refractivity contribution in [3.63, 3.8) is 0 Å². The first-order chi connectivity index (χ1) is 11.9. The number of rotatable bonds is 8. The molecule has 2 rings (SSSR count). The third-order valence-corrected chi connectivity index (χ3v) is 6.15. The number of thioether (sulfide) groups is 1. The smallest absolute Gasteiger partial charge is 0.240 e. The highest BCUT2D eigenvalue weighted by atomic mass is 32.2. The Morgan fingerprint density at radius 2 is 1.72 bits per heavy atom. The molecule has 0 heterocycles. The van der Waals surface area contributed by atoms with Gasteiger partial charge in [-0.05, 0) is 49.7 Å². The van der Waals surface area contributed by atoms with E-state index in [4.69, 9.17) is 0 Å². The van der Waals surface area contributed by atoms with Gasteiger partial charge in [-0.3, -0.25) is 4.79 Å². The summed E-state index contributed by atoms with van der Waals surface area (Å²) in [5, 5.41) is 2.77. The largest absolute Gasteiger partial charge is 0.325 e. The predicted molar refractivity (Wildman–Crippen MR) is 102 cm³/mol. The van der Waals surface area contributed by atoms with Gasteiger partial charge in [-0.1, -0.05) is 25.1 Å². The van der Waals surface area contributed by atoms with Crippen LogP contribution in [0.5, 0.6) is 0 Å². The van der Waals surface area contributed by atoms with E-state index in [9.17, 15) is 13.2 Å². The number of amides is 1. The minimum Gasteiger partial charge on any atom is -0.325 e. The summed E-state index contributed by atoms with van der Waals surface area (Å²) in [6, 6.07) is 15.7. The lowest BCUT2D eigenvalue weighted by Gasteiger charge is -2.12. The van der Waals surface area contributed by atoms with Gasteiger partial charge >= 0.3 is 0 Å². The minimum absolute atomic E-state index is 0.126. The van der Waals surface area contributed by atoms with Crippen LogP contribution in [0.15, 0.2) is 64.4 Å². The molecule has 1 atom stereocenters. The standard InChI is InChI=1S/C18H22N2O3S2/c1-3-14(2)20-25(22,23)17-11-9-15(10-12-17)19-18(21)13-24-16-7-5-4-6-8-16/h4-12,14,20H,3,13H2,1-2H3,(H,19,21). The summed E-state index contributed by atoms with van der Waals surface area (Å²) in [4.78, 5) is 13.2. The average molecular weight is 379 g/mol. The first-order valence-electron chi connectivity index (χ1n) is 8.01. The fraction of sp³-hybridized carbons (Fsp3) is 0.278. The van der Waals surface area contributed by atoms with Gasteiger partial charge in [0.2, 0.25) is 15.9 Å². The lowest BCUT2D eigenvalue weighted by Crippen LogP contribution is -2.31. The van der Waals surface area contributed by atoms with Crippen molar-refractivity contribution in [2.75, 3.05) is 11.1 Å². The van der Waals surface area contributed by atoms with Crippen LogP contribution in [0.2, 0.25) is 0 Å². The average Bonchev–Trinajstić information content (AvgIpc) is 2.61. The predicted octanol–water partition coefficient (Wildman–Crippen LogP) is 3.49. The number of hydrogen-bond donors (Lipinski definition) is 2. The van der Waals surface area contributed by atoms with Crippen LogP contribution in [-0.4, -0.2) is 26.1 Å². The van der Waals surface area contributed by atoms with Crippen molar-refractivity contribution in [2.45, 2.75) is 36.1 Å². The number of hydrogen-bond acceptors (Lipinski definition) is 4. The maximum atomic E-state index is 12.2. The fourth-order valence-corrected chi connectivity index (χ4v) is 4.04. The number of carbonyl (C=O) groups excluding carboxylic acids is 1. The second-order valence-corrected chi connectivity index (χ2v) is 8.37. The van der Waals surface area contributed by atoms with Crippen molar-refractivity contribution >= 4 is 33.4 Å². The molecule has 0 aromatic heterocycles. The van der Waals surface area contributed by atoms with E-state index in [0.717, 1.165) is 4.90 Å². The Kier molecular flexibility index (Phi) is 7.04. The van der Waals surface area contributed by atoms with Gasteiger partial charge in [0, 0.05) is 16.6 Å². The van der Waals surface area contributed by atoms with Crippen LogP contribution in [0.25, 0.3) is 0 Å². The molecule has 0 spiro atoms. The molecule has 5 nitrogen and oxygen atoms in total. The Morgan fingerprint density at radius 3 is 2.32 bits per heavy atom. The molecule has 0 bridgehead atoms. The third kappa shape index (κ3) is 6.19. The second-order valence-electron chi connectivity index (χ2n) is 5.60. The maximum Gasteiger partial charge on any atom is 0.240 e. The number of nitrogens with one attached hydrogen (secondary N) is 2. The molecule has 134 valence electrons. The van der Waals surface area contributed by atoms with E-state index < -0.39 is 10.0 Å². The molecule has 2 N–H and O–H groups in total. The molecule has 0 saturated heterocycles. The molecule has 25 heavy (non-hydrogen) atoms. The summed E-state index contributed by atoms with van der Waals surface area (Å²) in [7, 11) is -3.53. The number of benzene rings is 2. The van der Waals surface area contributed by atoms with E-state index in [1.54, 1.807) is 12.1 Å². The molecule has 2 aromatic rings. The summed E-state index contributed by atoms with van der Waals surface area (Å²) < 4.78 is 27.0. The maximum absolute atomic E-state index is 12.2. The molecule has 0 aliphatic carbocycles. The summed E-state index contributed by atoms with van der Waals surface area (Å²) in [6.45, 7) is 3.73. The number of carbonyl (C=O) groups is 1. The Bertz CT molecular complexity index is 791. The van der Waals surface area contributed by atoms with Crippen LogP contribution < -0.4 is 10.0 Å². The van der Waals surface area contributed by atoms with Crippen molar-refractivity contribution in [1.82, 2.24) is 4.72 Å². The fourth-order valence-electron chi connectivity index (χ4n) is 2.00. The molecule has 1 amide bonds. The highest BCUT2D eigenvalue weighted by molar-refractivity contribution is 8.00. The number of anilines is 1. The first kappa shape index (κ1) is 19.5. The molecule has 7 heteroatoms. The van der Waals surface area contributed by atoms with Gasteiger partial charge < -0.3 is 5.32 Å². The van der Waals surface area contributed by atoms with E-state index in [1.165, 1.54) is 23.9 Å². The van der Waals surface area contributed by atoms with Crippen molar-refractivity contribution < 1.29 is 13.2 Å². The van der Waals surface area contributed by atoms with Gasteiger partial charge in [0.05, 0.1) is 10.6 Å². The zero-order valence-corrected chi connectivity index (χ0v) is 15.9. The molecule has 2 aromatic carbocycles. The molecular formula is C18H22N2O3S2. The van der Waals surface area contributed by atoms with Crippen molar-refractivity contribution in [3.8, 4) is 0 Å². The highest BCUT2D eigenvalue weighted by Crippen LogP contribution is 2.18. The second kappa shape index (κ2) is 9.03. The SMILES string of the molecule is CCC(C)NS(=O)(=O)c1ccc(NC(=O)CSc2ccccc2)cc1. The number of sulfonamides is 1. The molecular weight excluding hydrogens is 356 g/mol. The van der Waals surface area contributed by atoms with E-state index in [0.29, 0.717) is 17.9 Å². The van der Waals surface area contributed by atoms with Crippen molar-refractivity contribution in [2.24, 2.45) is 0 Å².